The van der Waals surface area contributed by atoms with Crippen molar-refractivity contribution in [3.05, 3.63) is 185 Å². The molecule has 0 fully saturated rings. The third kappa shape index (κ3) is 6.18. The third-order valence-corrected chi connectivity index (χ3v) is 9.77. The zero-order valence-electron chi connectivity index (χ0n) is 26.3. The minimum absolute atomic E-state index is 0.126. The molecular formula is C42H45N3. The highest BCUT2D eigenvalue weighted by Gasteiger charge is 2.46. The average molecular weight is 592 g/mol. The van der Waals surface area contributed by atoms with E-state index in [1.165, 1.54) is 33.4 Å². The smallest absolute Gasteiger partial charge is 0.0543 e. The first-order valence-electron chi connectivity index (χ1n) is 16.3. The van der Waals surface area contributed by atoms with Gasteiger partial charge in [-0.2, -0.15) is 0 Å². The van der Waals surface area contributed by atoms with E-state index in [2.05, 4.69) is 146 Å². The van der Waals surface area contributed by atoms with E-state index >= 15 is 0 Å². The van der Waals surface area contributed by atoms with Crippen molar-refractivity contribution in [1.82, 2.24) is 5.32 Å². The Labute approximate surface area is 269 Å². The first-order valence-corrected chi connectivity index (χ1v) is 16.3. The summed E-state index contributed by atoms with van der Waals surface area (Å²) < 4.78 is 0. The Hall–Kier alpha value is -4.60. The van der Waals surface area contributed by atoms with E-state index in [0.29, 0.717) is 5.70 Å². The Morgan fingerprint density at radius 2 is 1.69 bits per heavy atom. The second kappa shape index (κ2) is 13.6. The van der Waals surface area contributed by atoms with Crippen LogP contribution in [0.25, 0.3) is 5.57 Å². The van der Waals surface area contributed by atoms with Gasteiger partial charge in [-0.25, -0.2) is 0 Å². The SMILES string of the molecule is C=C1NC(C2C=CC=CC=C2)C/C(CC(N)C2=C/CC3(C4=C(CC=C4)c4ccccc43)/C(CC)=C/C=C\C=C/C=C\2)=C\C=C/1N. The van der Waals surface area contributed by atoms with E-state index in [9.17, 15) is 0 Å². The number of hydrogen-bond acceptors (Lipinski definition) is 3. The van der Waals surface area contributed by atoms with Gasteiger partial charge in [0.1, 0.15) is 0 Å². The lowest BCUT2D eigenvalue weighted by Gasteiger charge is -2.35. The predicted molar refractivity (Wildman–Crippen MR) is 192 cm³/mol. The fourth-order valence-electron chi connectivity index (χ4n) is 7.47. The lowest BCUT2D eigenvalue weighted by molar-refractivity contribution is 0.486. The zero-order chi connectivity index (χ0) is 31.2. The Bertz CT molecular complexity index is 1690. The third-order valence-electron chi connectivity index (χ3n) is 9.77. The number of nitrogens with one attached hydrogen (secondary N) is 1. The molecule has 1 heterocycles. The lowest BCUT2D eigenvalue weighted by Crippen LogP contribution is -2.37. The largest absolute Gasteiger partial charge is 0.397 e. The maximum Gasteiger partial charge on any atom is 0.0543 e. The number of rotatable bonds is 5. The van der Waals surface area contributed by atoms with Crippen molar-refractivity contribution in [2.45, 2.75) is 56.5 Å². The first-order chi connectivity index (χ1) is 22.0. The fraction of sp³-hybridized carbons (Fsp3) is 0.238. The van der Waals surface area contributed by atoms with Crippen LogP contribution in [0.1, 0.15) is 50.2 Å². The Morgan fingerprint density at radius 3 is 2.51 bits per heavy atom. The molecule has 0 radical (unpaired) electrons. The Kier molecular flexibility index (Phi) is 9.18. The number of hydrogen-bond donors (Lipinski definition) is 3. The highest BCUT2D eigenvalue weighted by molar-refractivity contribution is 5.87. The number of benzene rings is 1. The van der Waals surface area contributed by atoms with Crippen LogP contribution in [-0.2, 0) is 5.41 Å². The van der Waals surface area contributed by atoms with Crippen LogP contribution in [0.2, 0.25) is 0 Å². The van der Waals surface area contributed by atoms with E-state index < -0.39 is 0 Å². The van der Waals surface area contributed by atoms with Gasteiger partial charge in [-0.15, -0.1) is 0 Å². The zero-order valence-corrected chi connectivity index (χ0v) is 26.3. The van der Waals surface area contributed by atoms with Crippen molar-refractivity contribution < 1.29 is 0 Å². The van der Waals surface area contributed by atoms with Crippen LogP contribution in [0, 0.1) is 5.92 Å². The molecule has 0 amide bonds. The molecule has 5 N–H and O–H groups in total. The van der Waals surface area contributed by atoms with Crippen LogP contribution in [0.5, 0.6) is 0 Å². The van der Waals surface area contributed by atoms with Crippen LogP contribution in [-0.4, -0.2) is 12.1 Å². The molecule has 3 nitrogen and oxygen atoms in total. The van der Waals surface area contributed by atoms with Gasteiger partial charge < -0.3 is 16.8 Å². The molecule has 1 aromatic rings. The summed E-state index contributed by atoms with van der Waals surface area (Å²) in [5.41, 5.74) is 24.3. The fourth-order valence-corrected chi connectivity index (χ4v) is 7.47. The van der Waals surface area contributed by atoms with Crippen LogP contribution >= 0.6 is 0 Å². The molecule has 1 spiro atoms. The summed E-state index contributed by atoms with van der Waals surface area (Å²) in [4.78, 5) is 0. The Morgan fingerprint density at radius 1 is 0.933 bits per heavy atom. The van der Waals surface area contributed by atoms with Gasteiger partial charge in [0.05, 0.1) is 11.4 Å². The summed E-state index contributed by atoms with van der Waals surface area (Å²) in [5, 5.41) is 3.61. The molecule has 0 saturated heterocycles. The van der Waals surface area contributed by atoms with Crippen molar-refractivity contribution >= 4 is 5.57 Å². The predicted octanol–water partition coefficient (Wildman–Crippen LogP) is 8.65. The number of fused-ring (bicyclic) bond motifs is 4. The Balaban J connectivity index is 1.36. The molecule has 0 aromatic heterocycles. The van der Waals surface area contributed by atoms with E-state index in [0.717, 1.165) is 43.4 Å². The molecule has 4 aliphatic carbocycles. The molecular weight excluding hydrogens is 546 g/mol. The van der Waals surface area contributed by atoms with Gasteiger partial charge in [0.2, 0.25) is 0 Å². The van der Waals surface area contributed by atoms with Crippen molar-refractivity contribution in [3.8, 4) is 0 Å². The molecule has 45 heavy (non-hydrogen) atoms. The van der Waals surface area contributed by atoms with Gasteiger partial charge in [0.25, 0.3) is 0 Å². The minimum atomic E-state index is -0.210. The van der Waals surface area contributed by atoms with Crippen LogP contribution in [0.15, 0.2) is 174 Å². The van der Waals surface area contributed by atoms with Crippen LogP contribution in [0.4, 0.5) is 0 Å². The number of nitrogens with two attached hydrogens (primary N) is 2. The molecule has 228 valence electrons. The summed E-state index contributed by atoms with van der Waals surface area (Å²) in [6.07, 6.45) is 43.6. The summed E-state index contributed by atoms with van der Waals surface area (Å²) in [6.45, 7) is 6.48. The van der Waals surface area contributed by atoms with Crippen molar-refractivity contribution in [1.29, 1.82) is 0 Å². The first kappa shape index (κ1) is 30.4. The minimum Gasteiger partial charge on any atom is -0.397 e. The topological polar surface area (TPSA) is 64.1 Å². The van der Waals surface area contributed by atoms with E-state index in [1.807, 2.05) is 6.08 Å². The van der Waals surface area contributed by atoms with Gasteiger partial charge in [-0.05, 0) is 66.0 Å². The molecule has 3 atom stereocenters. The molecule has 1 aliphatic heterocycles. The summed E-state index contributed by atoms with van der Waals surface area (Å²) >= 11 is 0. The normalized spacial score (nSPS) is 32.0. The highest BCUT2D eigenvalue weighted by atomic mass is 15.0. The van der Waals surface area contributed by atoms with Crippen molar-refractivity contribution in [3.63, 3.8) is 0 Å². The second-order valence-corrected chi connectivity index (χ2v) is 12.5. The van der Waals surface area contributed by atoms with Gasteiger partial charge >= 0.3 is 0 Å². The summed E-state index contributed by atoms with van der Waals surface area (Å²) in [7, 11) is 0. The van der Waals surface area contributed by atoms with Gasteiger partial charge in [0.15, 0.2) is 0 Å². The molecule has 0 saturated carbocycles. The van der Waals surface area contributed by atoms with Crippen LogP contribution < -0.4 is 16.8 Å². The number of allylic oxidation sites excluding steroid dienone is 18. The monoisotopic (exact) mass is 591 g/mol. The summed E-state index contributed by atoms with van der Waals surface area (Å²) in [6, 6.07) is 8.97. The molecule has 0 bridgehead atoms. The van der Waals surface area contributed by atoms with Crippen molar-refractivity contribution in [2.24, 2.45) is 17.4 Å². The second-order valence-electron chi connectivity index (χ2n) is 12.5. The molecule has 1 aromatic carbocycles. The lowest BCUT2D eigenvalue weighted by atomic mass is 9.67. The quantitative estimate of drug-likeness (QED) is 0.321. The van der Waals surface area contributed by atoms with Gasteiger partial charge in [-0.3, -0.25) is 0 Å². The highest BCUT2D eigenvalue weighted by Crippen LogP contribution is 2.57. The standard InChI is InChI=1S/C42H45N3/c1-3-34-19-12-6-4-5-9-16-32(26-27-42(34)37-22-14-13-20-35(37)36-21-15-23-38(36)42)40(44)28-31-24-25-39(43)30(2)45-41(29-31)33-17-10-7-8-11-18-33/h4-20,22-26,33,40-41,45H,2-3,21,27-29,43-44H2,1H3/b5-4-,12-6-,16-9-,31-24-,32-26+,34-19+,39-25+. The van der Waals surface area contributed by atoms with Crippen molar-refractivity contribution in [2.75, 3.05) is 0 Å². The molecule has 3 heteroatoms. The maximum atomic E-state index is 7.15. The molecule has 3 unspecified atom stereocenters. The van der Waals surface area contributed by atoms with Gasteiger partial charge in [-0.1, -0.05) is 152 Å². The molecule has 5 aliphatic rings. The summed E-state index contributed by atoms with van der Waals surface area (Å²) in [5.74, 6) is 0.212. The molecule has 6 rings (SSSR count). The van der Waals surface area contributed by atoms with E-state index in [1.54, 1.807) is 0 Å². The van der Waals surface area contributed by atoms with Gasteiger partial charge in [0, 0.05) is 23.4 Å². The maximum absolute atomic E-state index is 7.15. The average Bonchev–Trinajstić information content (AvgIpc) is 3.50. The van der Waals surface area contributed by atoms with E-state index in [-0.39, 0.29) is 23.4 Å². The van der Waals surface area contributed by atoms with Crippen LogP contribution in [0.3, 0.4) is 0 Å². The van der Waals surface area contributed by atoms with E-state index in [4.69, 9.17) is 11.5 Å².